The molecule has 21 heavy (non-hydrogen) atoms. The molecule has 0 amide bonds. The lowest BCUT2D eigenvalue weighted by molar-refractivity contribution is 0.0877. The third-order valence-electron chi connectivity index (χ3n) is 4.87. The Morgan fingerprint density at radius 2 is 2.19 bits per heavy atom. The fourth-order valence-electron chi connectivity index (χ4n) is 3.21. The van der Waals surface area contributed by atoms with E-state index in [1.807, 2.05) is 0 Å². The summed E-state index contributed by atoms with van der Waals surface area (Å²) in [6.07, 6.45) is 5.12. The van der Waals surface area contributed by atoms with Gasteiger partial charge in [0, 0.05) is 6.07 Å². The van der Waals surface area contributed by atoms with Crippen molar-refractivity contribution in [1.29, 1.82) is 0 Å². The number of hydrogen-bond acceptors (Lipinski definition) is 4. The highest BCUT2D eigenvalue weighted by Crippen LogP contribution is 2.39. The van der Waals surface area contributed by atoms with E-state index in [1.165, 1.54) is 24.6 Å². The van der Waals surface area contributed by atoms with E-state index < -0.39 is 0 Å². The molecule has 1 aromatic rings. The van der Waals surface area contributed by atoms with Gasteiger partial charge in [-0.15, -0.1) is 4.91 Å². The third-order valence-corrected chi connectivity index (χ3v) is 4.87. The maximum atomic E-state index is 10.4. The molecule has 2 rings (SSSR count). The van der Waals surface area contributed by atoms with Crippen molar-refractivity contribution >= 4 is 5.69 Å². The molecule has 0 N–H and O–H groups in total. The number of aromatic nitrogens is 1. The quantitative estimate of drug-likeness (QED) is 0.573. The highest BCUT2D eigenvalue weighted by atomic mass is 16.5. The second kappa shape index (κ2) is 6.83. The maximum Gasteiger partial charge on any atom is 0.213 e. The molecule has 0 saturated heterocycles. The molecule has 4 nitrogen and oxygen atoms in total. The molecular formula is C17H24N2O2. The number of hydrogen-bond donors (Lipinski definition) is 0. The Balaban J connectivity index is 1.99. The maximum absolute atomic E-state index is 10.4. The van der Waals surface area contributed by atoms with Crippen LogP contribution in [0.25, 0.3) is 0 Å². The van der Waals surface area contributed by atoms with Crippen LogP contribution in [0.5, 0.6) is 5.88 Å². The van der Waals surface area contributed by atoms with Crippen LogP contribution in [0.1, 0.15) is 40.0 Å². The summed E-state index contributed by atoms with van der Waals surface area (Å²) in [6.45, 7) is 10.8. The molecule has 0 bridgehead atoms. The van der Waals surface area contributed by atoms with Crippen molar-refractivity contribution in [3.05, 3.63) is 35.4 Å². The fraction of sp³-hybridized carbons (Fsp3) is 0.588. The van der Waals surface area contributed by atoms with Crippen LogP contribution in [0.15, 0.2) is 35.7 Å². The van der Waals surface area contributed by atoms with Gasteiger partial charge in [-0.1, -0.05) is 26.0 Å². The van der Waals surface area contributed by atoms with Gasteiger partial charge >= 0.3 is 0 Å². The lowest BCUT2D eigenvalue weighted by atomic mass is 9.70. The van der Waals surface area contributed by atoms with Gasteiger partial charge in [-0.05, 0) is 55.2 Å². The van der Waals surface area contributed by atoms with Gasteiger partial charge in [0.25, 0.3) is 0 Å². The summed E-state index contributed by atoms with van der Waals surface area (Å²) < 4.78 is 5.93. The standard InChI is InChI=1S/C17H24N2O2/c1-11-6-5-7-16(12(11)2)13(3)14(4)21-17-9-8-15(19-20)10-18-17/h8-10,12-14,16H,1,5-7H2,2-4H3/t12?,13-,14-,16+/m0/s1. The van der Waals surface area contributed by atoms with Gasteiger partial charge in [-0.3, -0.25) is 0 Å². The molecule has 0 radical (unpaired) electrons. The first-order valence-electron chi connectivity index (χ1n) is 7.66. The van der Waals surface area contributed by atoms with Gasteiger partial charge in [0.05, 0.1) is 6.20 Å². The Morgan fingerprint density at radius 1 is 1.43 bits per heavy atom. The zero-order valence-electron chi connectivity index (χ0n) is 13.1. The van der Waals surface area contributed by atoms with Crippen LogP contribution in [0.3, 0.4) is 0 Å². The molecule has 1 unspecified atom stereocenters. The minimum Gasteiger partial charge on any atom is -0.474 e. The van der Waals surface area contributed by atoms with Crippen LogP contribution in [-0.4, -0.2) is 11.1 Å². The summed E-state index contributed by atoms with van der Waals surface area (Å²) in [5, 5.41) is 2.84. The monoisotopic (exact) mass is 288 g/mol. The van der Waals surface area contributed by atoms with Crippen molar-refractivity contribution in [2.24, 2.45) is 22.9 Å². The van der Waals surface area contributed by atoms with Crippen molar-refractivity contribution in [2.75, 3.05) is 0 Å². The number of allylic oxidation sites excluding steroid dienone is 1. The van der Waals surface area contributed by atoms with E-state index in [1.54, 1.807) is 12.1 Å². The highest BCUT2D eigenvalue weighted by Gasteiger charge is 2.32. The molecule has 1 heterocycles. The van der Waals surface area contributed by atoms with Gasteiger partial charge in [0.2, 0.25) is 5.88 Å². The van der Waals surface area contributed by atoms with Crippen LogP contribution in [0.4, 0.5) is 5.69 Å². The number of ether oxygens (including phenoxy) is 1. The lowest BCUT2D eigenvalue weighted by Crippen LogP contribution is -2.34. The van der Waals surface area contributed by atoms with E-state index in [9.17, 15) is 4.91 Å². The minimum absolute atomic E-state index is 0.0749. The van der Waals surface area contributed by atoms with Crippen molar-refractivity contribution in [3.8, 4) is 5.88 Å². The van der Waals surface area contributed by atoms with E-state index in [0.717, 1.165) is 6.42 Å². The predicted molar refractivity (Wildman–Crippen MR) is 84.6 cm³/mol. The van der Waals surface area contributed by atoms with Crippen LogP contribution in [0.2, 0.25) is 0 Å². The molecule has 0 aromatic carbocycles. The molecule has 4 heteroatoms. The molecule has 1 saturated carbocycles. The number of rotatable bonds is 5. The number of pyridine rings is 1. The fourth-order valence-corrected chi connectivity index (χ4v) is 3.21. The van der Waals surface area contributed by atoms with E-state index in [0.29, 0.717) is 29.3 Å². The van der Waals surface area contributed by atoms with Crippen molar-refractivity contribution in [2.45, 2.75) is 46.1 Å². The average molecular weight is 288 g/mol. The molecule has 1 fully saturated rings. The van der Waals surface area contributed by atoms with Crippen molar-refractivity contribution in [1.82, 2.24) is 4.98 Å². The summed E-state index contributed by atoms with van der Waals surface area (Å²) in [6, 6.07) is 3.32. The summed E-state index contributed by atoms with van der Waals surface area (Å²) in [5.41, 5.74) is 1.69. The SMILES string of the molecule is C=C1CCC[C@@H]([C@@H](C)[C@H](C)Oc2ccc(N=O)cn2)C1C. The van der Waals surface area contributed by atoms with Gasteiger partial charge < -0.3 is 4.74 Å². The van der Waals surface area contributed by atoms with E-state index in [4.69, 9.17) is 4.74 Å². The first kappa shape index (κ1) is 15.7. The molecule has 4 atom stereocenters. The summed E-state index contributed by atoms with van der Waals surface area (Å²) >= 11 is 0. The van der Waals surface area contributed by atoms with Crippen LogP contribution in [-0.2, 0) is 0 Å². The predicted octanol–water partition coefficient (Wildman–Crippen LogP) is 4.88. The number of nitroso groups, excluding NO2 is 1. The Bertz CT molecular complexity index is 498. The van der Waals surface area contributed by atoms with E-state index in [-0.39, 0.29) is 6.10 Å². The first-order chi connectivity index (χ1) is 10.0. The molecule has 1 aliphatic rings. The van der Waals surface area contributed by atoms with Gasteiger partial charge in [0.1, 0.15) is 11.8 Å². The topological polar surface area (TPSA) is 51.5 Å². The number of nitrogens with zero attached hydrogens (tertiary/aromatic N) is 2. The normalized spacial score (nSPS) is 25.2. The molecule has 0 aliphatic heterocycles. The Morgan fingerprint density at radius 3 is 2.81 bits per heavy atom. The zero-order chi connectivity index (χ0) is 15.4. The van der Waals surface area contributed by atoms with Crippen LogP contribution < -0.4 is 4.74 Å². The van der Waals surface area contributed by atoms with Gasteiger partial charge in [-0.2, -0.15) is 0 Å². The zero-order valence-corrected chi connectivity index (χ0v) is 13.1. The molecule has 1 aliphatic carbocycles. The average Bonchev–Trinajstić information content (AvgIpc) is 2.50. The Kier molecular flexibility index (Phi) is 5.10. The van der Waals surface area contributed by atoms with Crippen molar-refractivity contribution < 1.29 is 4.74 Å². The van der Waals surface area contributed by atoms with E-state index >= 15 is 0 Å². The van der Waals surface area contributed by atoms with E-state index in [2.05, 4.69) is 37.5 Å². The van der Waals surface area contributed by atoms with Crippen LogP contribution >= 0.6 is 0 Å². The molecule has 1 aromatic heterocycles. The summed E-state index contributed by atoms with van der Waals surface area (Å²) in [5.74, 6) is 2.14. The second-order valence-corrected chi connectivity index (χ2v) is 6.13. The minimum atomic E-state index is 0.0749. The Labute approximate surface area is 126 Å². The Hall–Kier alpha value is -1.71. The third kappa shape index (κ3) is 3.69. The lowest BCUT2D eigenvalue weighted by Gasteiger charge is -2.37. The largest absolute Gasteiger partial charge is 0.474 e. The summed E-state index contributed by atoms with van der Waals surface area (Å²) in [7, 11) is 0. The smallest absolute Gasteiger partial charge is 0.213 e. The summed E-state index contributed by atoms with van der Waals surface area (Å²) in [4.78, 5) is 14.5. The molecular weight excluding hydrogens is 264 g/mol. The van der Waals surface area contributed by atoms with Crippen molar-refractivity contribution in [3.63, 3.8) is 0 Å². The van der Waals surface area contributed by atoms with Gasteiger partial charge in [-0.25, -0.2) is 4.98 Å². The molecule has 0 spiro atoms. The highest BCUT2D eigenvalue weighted by molar-refractivity contribution is 5.35. The molecule has 114 valence electrons. The van der Waals surface area contributed by atoms with Crippen LogP contribution in [0, 0.1) is 22.7 Å². The first-order valence-corrected chi connectivity index (χ1v) is 7.66. The van der Waals surface area contributed by atoms with Gasteiger partial charge in [0.15, 0.2) is 0 Å². The second-order valence-electron chi connectivity index (χ2n) is 6.13.